The molecular formula is C18H14N2O3. The Balaban J connectivity index is 2.30. The number of pyridine rings is 1. The van der Waals surface area contributed by atoms with E-state index in [0.717, 1.165) is 22.3 Å². The van der Waals surface area contributed by atoms with Gasteiger partial charge < -0.3 is 14.6 Å². The lowest BCUT2D eigenvalue weighted by Crippen LogP contribution is -1.97. The van der Waals surface area contributed by atoms with E-state index in [9.17, 15) is 15.2 Å². The minimum Gasteiger partial charge on any atom is -0.507 e. The molecule has 0 radical (unpaired) electrons. The van der Waals surface area contributed by atoms with Crippen LogP contribution < -0.4 is 0 Å². The van der Waals surface area contributed by atoms with Crippen molar-refractivity contribution in [3.8, 4) is 22.9 Å². The van der Waals surface area contributed by atoms with Crippen molar-refractivity contribution in [3.05, 3.63) is 58.9 Å². The highest BCUT2D eigenvalue weighted by molar-refractivity contribution is 5.93. The van der Waals surface area contributed by atoms with Gasteiger partial charge in [-0.25, -0.2) is 4.79 Å². The summed E-state index contributed by atoms with van der Waals surface area (Å²) in [6.07, 6.45) is 0. The van der Waals surface area contributed by atoms with E-state index < -0.39 is 5.97 Å². The Morgan fingerprint density at radius 3 is 2.52 bits per heavy atom. The number of hydrogen-bond acceptors (Lipinski definition) is 3. The number of carboxylic acid groups (broad SMARTS) is 1. The lowest BCUT2D eigenvalue weighted by atomic mass is 10.0. The number of rotatable bonds is 2. The molecular weight excluding hydrogens is 292 g/mol. The van der Waals surface area contributed by atoms with Crippen molar-refractivity contribution in [2.45, 2.75) is 13.8 Å². The second-order valence-electron chi connectivity index (χ2n) is 5.41. The molecule has 3 rings (SSSR count). The summed E-state index contributed by atoms with van der Waals surface area (Å²) < 4.78 is 1.87. The molecule has 0 aliphatic carbocycles. The van der Waals surface area contributed by atoms with Crippen LogP contribution in [0.3, 0.4) is 0 Å². The van der Waals surface area contributed by atoms with Crippen LogP contribution >= 0.6 is 0 Å². The number of benzene rings is 1. The van der Waals surface area contributed by atoms with Crippen LogP contribution in [0.4, 0.5) is 0 Å². The zero-order chi connectivity index (χ0) is 16.7. The third-order valence-electron chi connectivity index (χ3n) is 4.09. The average molecular weight is 306 g/mol. The van der Waals surface area contributed by atoms with E-state index in [1.807, 2.05) is 30.4 Å². The summed E-state index contributed by atoms with van der Waals surface area (Å²) in [6, 6.07) is 12.2. The first-order chi connectivity index (χ1) is 10.9. The van der Waals surface area contributed by atoms with Gasteiger partial charge in [0.05, 0.1) is 5.52 Å². The molecule has 0 unspecified atom stereocenters. The minimum atomic E-state index is -1.18. The highest BCUT2D eigenvalue weighted by Gasteiger charge is 2.16. The molecule has 0 saturated heterocycles. The molecule has 3 aromatic rings. The summed E-state index contributed by atoms with van der Waals surface area (Å²) in [6.45, 7) is 3.92. The van der Waals surface area contributed by atoms with E-state index in [-0.39, 0.29) is 11.3 Å². The SMILES string of the molecule is Cc1ccc2c(-c3ccc(C(=O)O)c(O)c3)cc(C#N)n2c1C. The molecule has 2 aromatic heterocycles. The Hall–Kier alpha value is -3.26. The smallest absolute Gasteiger partial charge is 0.339 e. The van der Waals surface area contributed by atoms with E-state index in [2.05, 4.69) is 6.07 Å². The summed E-state index contributed by atoms with van der Waals surface area (Å²) in [7, 11) is 0. The van der Waals surface area contributed by atoms with Gasteiger partial charge in [0.1, 0.15) is 23.1 Å². The van der Waals surface area contributed by atoms with Gasteiger partial charge in [-0.05, 0) is 49.2 Å². The zero-order valence-corrected chi connectivity index (χ0v) is 12.7. The van der Waals surface area contributed by atoms with Crippen molar-refractivity contribution in [1.82, 2.24) is 4.40 Å². The van der Waals surface area contributed by atoms with Gasteiger partial charge in [-0.3, -0.25) is 0 Å². The van der Waals surface area contributed by atoms with E-state index in [0.29, 0.717) is 11.3 Å². The molecule has 0 fully saturated rings. The Morgan fingerprint density at radius 1 is 1.17 bits per heavy atom. The van der Waals surface area contributed by atoms with Crippen molar-refractivity contribution in [2.24, 2.45) is 0 Å². The van der Waals surface area contributed by atoms with E-state index in [1.54, 1.807) is 12.1 Å². The molecule has 0 aliphatic heterocycles. The monoisotopic (exact) mass is 306 g/mol. The molecule has 1 aromatic carbocycles. The van der Waals surface area contributed by atoms with Gasteiger partial charge >= 0.3 is 5.97 Å². The Bertz CT molecular complexity index is 994. The van der Waals surface area contributed by atoms with Gasteiger partial charge in [-0.15, -0.1) is 0 Å². The van der Waals surface area contributed by atoms with E-state index in [1.165, 1.54) is 12.1 Å². The number of nitriles is 1. The maximum atomic E-state index is 11.0. The topological polar surface area (TPSA) is 85.7 Å². The number of carboxylic acids is 1. The summed E-state index contributed by atoms with van der Waals surface area (Å²) in [5.41, 5.74) is 4.67. The van der Waals surface area contributed by atoms with Crippen LogP contribution in [-0.2, 0) is 0 Å². The average Bonchev–Trinajstić information content (AvgIpc) is 2.89. The summed E-state index contributed by atoms with van der Waals surface area (Å²) in [5.74, 6) is -1.48. The van der Waals surface area contributed by atoms with Gasteiger partial charge in [-0.1, -0.05) is 12.1 Å². The van der Waals surface area contributed by atoms with Crippen LogP contribution in [-0.4, -0.2) is 20.6 Å². The van der Waals surface area contributed by atoms with Crippen LogP contribution in [0.25, 0.3) is 16.6 Å². The van der Waals surface area contributed by atoms with Crippen LogP contribution in [0.1, 0.15) is 27.3 Å². The van der Waals surface area contributed by atoms with Crippen LogP contribution in [0.5, 0.6) is 5.75 Å². The number of aromatic carboxylic acids is 1. The molecule has 5 nitrogen and oxygen atoms in total. The third kappa shape index (κ3) is 2.21. The van der Waals surface area contributed by atoms with Gasteiger partial charge in [-0.2, -0.15) is 5.26 Å². The standard InChI is InChI=1S/C18H14N2O3/c1-10-3-6-16-15(8-13(9-19)20(16)11(10)2)12-4-5-14(18(22)23)17(21)7-12/h3-8,21H,1-2H3,(H,22,23). The van der Waals surface area contributed by atoms with E-state index in [4.69, 9.17) is 5.11 Å². The number of aromatic nitrogens is 1. The Morgan fingerprint density at radius 2 is 1.91 bits per heavy atom. The molecule has 0 bridgehead atoms. The predicted octanol–water partition coefficient (Wildman–Crippen LogP) is 3.50. The molecule has 2 heterocycles. The lowest BCUT2D eigenvalue weighted by Gasteiger charge is -2.08. The van der Waals surface area contributed by atoms with Gasteiger partial charge in [0.15, 0.2) is 0 Å². The molecule has 0 aliphatic rings. The highest BCUT2D eigenvalue weighted by atomic mass is 16.4. The number of hydrogen-bond donors (Lipinski definition) is 2. The van der Waals surface area contributed by atoms with Crippen LogP contribution in [0.15, 0.2) is 36.4 Å². The van der Waals surface area contributed by atoms with Crippen molar-refractivity contribution in [1.29, 1.82) is 5.26 Å². The molecule has 2 N–H and O–H groups in total. The first-order valence-electron chi connectivity index (χ1n) is 7.02. The van der Waals surface area contributed by atoms with Gasteiger partial charge in [0, 0.05) is 11.3 Å². The molecule has 5 heteroatoms. The fourth-order valence-corrected chi connectivity index (χ4v) is 2.75. The number of fused-ring (bicyclic) bond motifs is 1. The van der Waals surface area contributed by atoms with Gasteiger partial charge in [0.25, 0.3) is 0 Å². The van der Waals surface area contributed by atoms with E-state index >= 15 is 0 Å². The number of carbonyl (C=O) groups is 1. The summed E-state index contributed by atoms with van der Waals surface area (Å²) >= 11 is 0. The number of aryl methyl sites for hydroxylation is 2. The Kier molecular flexibility index (Phi) is 3.30. The normalized spacial score (nSPS) is 10.7. The highest BCUT2D eigenvalue weighted by Crippen LogP contribution is 2.32. The quantitative estimate of drug-likeness (QED) is 0.758. The number of phenols is 1. The van der Waals surface area contributed by atoms with Gasteiger partial charge in [0.2, 0.25) is 0 Å². The second kappa shape index (κ2) is 5.18. The fraction of sp³-hybridized carbons (Fsp3) is 0.111. The second-order valence-corrected chi connectivity index (χ2v) is 5.41. The van der Waals surface area contributed by atoms with Crippen LogP contribution in [0.2, 0.25) is 0 Å². The van der Waals surface area contributed by atoms with Crippen molar-refractivity contribution in [3.63, 3.8) is 0 Å². The molecule has 0 atom stereocenters. The third-order valence-corrected chi connectivity index (χ3v) is 4.09. The minimum absolute atomic E-state index is 0.148. The first-order valence-corrected chi connectivity index (χ1v) is 7.02. The molecule has 23 heavy (non-hydrogen) atoms. The van der Waals surface area contributed by atoms with Crippen LogP contribution in [0, 0.1) is 25.2 Å². The molecule has 0 spiro atoms. The first kappa shape index (κ1) is 14.7. The largest absolute Gasteiger partial charge is 0.507 e. The zero-order valence-electron chi connectivity index (χ0n) is 12.7. The molecule has 114 valence electrons. The summed E-state index contributed by atoms with van der Waals surface area (Å²) in [5, 5.41) is 28.3. The maximum Gasteiger partial charge on any atom is 0.339 e. The Labute approximate surface area is 132 Å². The predicted molar refractivity (Wildman–Crippen MR) is 85.6 cm³/mol. The summed E-state index contributed by atoms with van der Waals surface area (Å²) in [4.78, 5) is 11.0. The van der Waals surface area contributed by atoms with Crippen molar-refractivity contribution >= 4 is 11.5 Å². The maximum absolute atomic E-state index is 11.0. The number of aromatic hydroxyl groups is 1. The van der Waals surface area contributed by atoms with Crippen molar-refractivity contribution < 1.29 is 15.0 Å². The lowest BCUT2D eigenvalue weighted by molar-refractivity contribution is 0.0694. The van der Waals surface area contributed by atoms with Crippen molar-refractivity contribution in [2.75, 3.05) is 0 Å². The fourth-order valence-electron chi connectivity index (χ4n) is 2.75. The molecule has 0 amide bonds. The number of nitrogens with zero attached hydrogens (tertiary/aromatic N) is 2. The molecule has 0 saturated carbocycles.